The molecular formula is C11H12N2O3. The number of aromatic hydroxyl groups is 1. The van der Waals surface area contributed by atoms with E-state index in [-0.39, 0.29) is 18.7 Å². The molecule has 16 heavy (non-hydrogen) atoms. The van der Waals surface area contributed by atoms with E-state index in [9.17, 15) is 9.90 Å². The molecule has 3 N–H and O–H groups in total. The van der Waals surface area contributed by atoms with Gasteiger partial charge in [-0.25, -0.2) is 0 Å². The van der Waals surface area contributed by atoms with Gasteiger partial charge in [-0.2, -0.15) is 5.26 Å². The second kappa shape index (κ2) is 5.14. The van der Waals surface area contributed by atoms with Crippen molar-refractivity contribution in [2.45, 2.75) is 13.0 Å². The van der Waals surface area contributed by atoms with E-state index in [0.717, 1.165) is 0 Å². The summed E-state index contributed by atoms with van der Waals surface area (Å²) in [5.41, 5.74) is 6.50. The Labute approximate surface area is 93.1 Å². The molecule has 0 unspecified atom stereocenters. The molecule has 0 saturated heterocycles. The van der Waals surface area contributed by atoms with Crippen LogP contribution in [0.1, 0.15) is 16.7 Å². The number of nitriles is 1. The molecule has 0 atom stereocenters. The number of methoxy groups -OCH3 is 1. The number of nitrogens with zero attached hydrogens (tertiary/aromatic N) is 1. The highest BCUT2D eigenvalue weighted by molar-refractivity contribution is 5.74. The average molecular weight is 220 g/mol. The molecule has 0 spiro atoms. The van der Waals surface area contributed by atoms with Crippen LogP contribution < -0.4 is 5.73 Å². The van der Waals surface area contributed by atoms with Gasteiger partial charge in [0.15, 0.2) is 0 Å². The number of phenolic OH excluding ortho intramolecular Hbond substituents is 1. The zero-order valence-corrected chi connectivity index (χ0v) is 8.86. The molecule has 0 aliphatic heterocycles. The zero-order chi connectivity index (χ0) is 12.1. The normalized spacial score (nSPS) is 9.56. The second-order valence-corrected chi connectivity index (χ2v) is 3.17. The maximum Gasteiger partial charge on any atom is 0.310 e. The quantitative estimate of drug-likeness (QED) is 0.720. The number of nitrogens with two attached hydrogens (primary N) is 1. The lowest BCUT2D eigenvalue weighted by atomic mass is 10.0. The predicted molar refractivity (Wildman–Crippen MR) is 56.4 cm³/mol. The van der Waals surface area contributed by atoms with Crippen molar-refractivity contribution < 1.29 is 14.6 Å². The van der Waals surface area contributed by atoms with Crippen molar-refractivity contribution >= 4 is 5.97 Å². The molecular weight excluding hydrogens is 208 g/mol. The summed E-state index contributed by atoms with van der Waals surface area (Å²) in [6.45, 7) is 0.0454. The number of ether oxygens (including phenoxy) is 1. The van der Waals surface area contributed by atoms with Crippen LogP contribution in [0.15, 0.2) is 12.1 Å². The Hall–Kier alpha value is -2.06. The van der Waals surface area contributed by atoms with Crippen LogP contribution in [-0.4, -0.2) is 18.2 Å². The van der Waals surface area contributed by atoms with Crippen molar-refractivity contribution in [1.82, 2.24) is 0 Å². The standard InChI is InChI=1S/C11H12N2O3/c1-16-10(14)4-7-2-3-8(5-12)9(6-13)11(7)15/h2-3,15H,4,6,13H2,1H3. The summed E-state index contributed by atoms with van der Waals surface area (Å²) in [6, 6.07) is 4.97. The lowest BCUT2D eigenvalue weighted by Gasteiger charge is -2.09. The van der Waals surface area contributed by atoms with Crippen molar-refractivity contribution in [3.8, 4) is 11.8 Å². The number of carbonyl (C=O) groups excluding carboxylic acids is 1. The summed E-state index contributed by atoms with van der Waals surface area (Å²) in [5.74, 6) is -0.560. The Morgan fingerprint density at radius 2 is 2.31 bits per heavy atom. The van der Waals surface area contributed by atoms with Gasteiger partial charge in [-0.15, -0.1) is 0 Å². The van der Waals surface area contributed by atoms with E-state index in [1.807, 2.05) is 6.07 Å². The van der Waals surface area contributed by atoms with Gasteiger partial charge >= 0.3 is 5.97 Å². The molecule has 0 bridgehead atoms. The van der Waals surface area contributed by atoms with E-state index in [2.05, 4.69) is 4.74 Å². The van der Waals surface area contributed by atoms with Gasteiger partial charge in [0.05, 0.1) is 25.2 Å². The fraction of sp³-hybridized carbons (Fsp3) is 0.273. The third-order valence-corrected chi connectivity index (χ3v) is 2.25. The first-order valence-electron chi connectivity index (χ1n) is 4.64. The van der Waals surface area contributed by atoms with Crippen molar-refractivity contribution in [3.05, 3.63) is 28.8 Å². The van der Waals surface area contributed by atoms with Crippen molar-refractivity contribution in [2.75, 3.05) is 7.11 Å². The second-order valence-electron chi connectivity index (χ2n) is 3.17. The van der Waals surface area contributed by atoms with Gasteiger partial charge < -0.3 is 15.6 Å². The number of esters is 1. The van der Waals surface area contributed by atoms with Crippen LogP contribution in [0.5, 0.6) is 5.75 Å². The molecule has 0 aliphatic carbocycles. The predicted octanol–water partition coefficient (Wildman–Crippen LogP) is 0.438. The van der Waals surface area contributed by atoms with Crippen molar-refractivity contribution in [2.24, 2.45) is 5.73 Å². The summed E-state index contributed by atoms with van der Waals surface area (Å²) in [6.07, 6.45) is -0.0406. The van der Waals surface area contributed by atoms with Crippen LogP contribution in [0, 0.1) is 11.3 Å². The van der Waals surface area contributed by atoms with Crippen molar-refractivity contribution in [3.63, 3.8) is 0 Å². The van der Waals surface area contributed by atoms with E-state index in [1.165, 1.54) is 19.2 Å². The van der Waals surface area contributed by atoms with Gasteiger partial charge in [0.25, 0.3) is 0 Å². The summed E-state index contributed by atoms with van der Waals surface area (Å²) in [4.78, 5) is 11.1. The van der Waals surface area contributed by atoms with Gasteiger partial charge in [-0.1, -0.05) is 6.07 Å². The van der Waals surface area contributed by atoms with Crippen LogP contribution in [0.25, 0.3) is 0 Å². The van der Waals surface area contributed by atoms with Crippen LogP contribution in [-0.2, 0) is 22.5 Å². The maximum atomic E-state index is 11.1. The van der Waals surface area contributed by atoms with E-state index >= 15 is 0 Å². The fourth-order valence-electron chi connectivity index (χ4n) is 1.37. The monoisotopic (exact) mass is 220 g/mol. The first kappa shape index (κ1) is 12.0. The molecule has 0 saturated carbocycles. The molecule has 1 aromatic carbocycles. The molecule has 5 nitrogen and oxygen atoms in total. The summed E-state index contributed by atoms with van der Waals surface area (Å²) in [7, 11) is 1.27. The smallest absolute Gasteiger partial charge is 0.310 e. The summed E-state index contributed by atoms with van der Waals surface area (Å²) < 4.78 is 4.49. The maximum absolute atomic E-state index is 11.1. The molecule has 0 aromatic heterocycles. The molecule has 0 amide bonds. The van der Waals surface area contributed by atoms with Crippen LogP contribution in [0.4, 0.5) is 0 Å². The van der Waals surface area contributed by atoms with Gasteiger partial charge in [0.2, 0.25) is 0 Å². The van der Waals surface area contributed by atoms with Gasteiger partial charge in [-0.05, 0) is 6.07 Å². The lowest BCUT2D eigenvalue weighted by molar-refractivity contribution is -0.139. The fourth-order valence-corrected chi connectivity index (χ4v) is 1.37. The molecule has 84 valence electrons. The summed E-state index contributed by atoms with van der Waals surface area (Å²) in [5, 5.41) is 18.6. The number of phenols is 1. The topological polar surface area (TPSA) is 96.3 Å². The lowest BCUT2D eigenvalue weighted by Crippen LogP contribution is -2.07. The molecule has 5 heteroatoms. The molecule has 1 rings (SSSR count). The highest BCUT2D eigenvalue weighted by Gasteiger charge is 2.13. The van der Waals surface area contributed by atoms with Crippen LogP contribution >= 0.6 is 0 Å². The molecule has 1 aromatic rings. The number of benzene rings is 1. The Morgan fingerprint density at radius 1 is 1.62 bits per heavy atom. The Kier molecular flexibility index (Phi) is 3.86. The van der Waals surface area contributed by atoms with Crippen LogP contribution in [0.2, 0.25) is 0 Å². The number of rotatable bonds is 3. The highest BCUT2D eigenvalue weighted by atomic mass is 16.5. The van der Waals surface area contributed by atoms with E-state index < -0.39 is 5.97 Å². The first-order valence-corrected chi connectivity index (χ1v) is 4.64. The largest absolute Gasteiger partial charge is 0.507 e. The van der Waals surface area contributed by atoms with Crippen molar-refractivity contribution in [1.29, 1.82) is 5.26 Å². The van der Waals surface area contributed by atoms with Gasteiger partial charge in [-0.3, -0.25) is 4.79 Å². The number of hydrogen-bond acceptors (Lipinski definition) is 5. The number of carbonyl (C=O) groups is 1. The summed E-state index contributed by atoms with van der Waals surface area (Å²) >= 11 is 0. The Bertz CT molecular complexity index is 449. The minimum absolute atomic E-state index is 0.0406. The molecule has 0 aliphatic rings. The molecule has 0 heterocycles. The SMILES string of the molecule is COC(=O)Cc1ccc(C#N)c(CN)c1O. The van der Waals surface area contributed by atoms with E-state index in [1.54, 1.807) is 0 Å². The molecule has 0 fully saturated rings. The highest BCUT2D eigenvalue weighted by Crippen LogP contribution is 2.26. The average Bonchev–Trinajstić information content (AvgIpc) is 2.31. The minimum Gasteiger partial charge on any atom is -0.507 e. The number of hydrogen-bond donors (Lipinski definition) is 2. The Balaban J connectivity index is 3.15. The molecule has 0 radical (unpaired) electrons. The Morgan fingerprint density at radius 3 is 2.81 bits per heavy atom. The van der Waals surface area contributed by atoms with Gasteiger partial charge in [0, 0.05) is 17.7 Å². The third kappa shape index (κ3) is 2.30. The van der Waals surface area contributed by atoms with Crippen LogP contribution in [0.3, 0.4) is 0 Å². The van der Waals surface area contributed by atoms with E-state index in [0.29, 0.717) is 16.7 Å². The first-order chi connectivity index (χ1) is 7.63. The van der Waals surface area contributed by atoms with E-state index in [4.69, 9.17) is 11.0 Å². The van der Waals surface area contributed by atoms with Gasteiger partial charge in [0.1, 0.15) is 5.75 Å². The third-order valence-electron chi connectivity index (χ3n) is 2.25. The minimum atomic E-state index is -0.456. The zero-order valence-electron chi connectivity index (χ0n) is 8.86.